The fourth-order valence-electron chi connectivity index (χ4n) is 2.79. The molecule has 1 fully saturated rings. The predicted octanol–water partition coefficient (Wildman–Crippen LogP) is 3.22. The summed E-state index contributed by atoms with van der Waals surface area (Å²) in [5, 5.41) is 3.65. The minimum atomic E-state index is 0.119. The Labute approximate surface area is 101 Å². The molecular weight excluding hydrogens is 198 g/mol. The summed E-state index contributed by atoms with van der Waals surface area (Å²) < 4.78 is 5.23. The largest absolute Gasteiger partial charge is 0.383 e. The first-order valence-corrected chi connectivity index (χ1v) is 6.81. The molecule has 0 saturated heterocycles. The van der Waals surface area contributed by atoms with Crippen LogP contribution in [0.1, 0.15) is 52.9 Å². The lowest BCUT2D eigenvalue weighted by Crippen LogP contribution is -2.46. The summed E-state index contributed by atoms with van der Waals surface area (Å²) in [6.07, 6.45) is 7.07. The first-order chi connectivity index (χ1) is 7.57. The van der Waals surface area contributed by atoms with Crippen LogP contribution in [0.25, 0.3) is 0 Å². The number of ether oxygens (including phenoxy) is 1. The minimum Gasteiger partial charge on any atom is -0.383 e. The van der Waals surface area contributed by atoms with E-state index in [2.05, 4.69) is 26.1 Å². The highest BCUT2D eigenvalue weighted by atomic mass is 16.5. The SMILES string of the molecule is CCC1CCCC(CNC(C)(C)COC)C1. The van der Waals surface area contributed by atoms with E-state index in [1.54, 1.807) is 7.11 Å². The minimum absolute atomic E-state index is 0.119. The molecule has 0 amide bonds. The maximum atomic E-state index is 5.23. The van der Waals surface area contributed by atoms with Gasteiger partial charge in [0.2, 0.25) is 0 Å². The van der Waals surface area contributed by atoms with E-state index < -0.39 is 0 Å². The Morgan fingerprint density at radius 1 is 1.25 bits per heavy atom. The van der Waals surface area contributed by atoms with Crippen LogP contribution in [0.5, 0.6) is 0 Å². The van der Waals surface area contributed by atoms with E-state index >= 15 is 0 Å². The topological polar surface area (TPSA) is 21.3 Å². The predicted molar refractivity (Wildman–Crippen MR) is 69.7 cm³/mol. The van der Waals surface area contributed by atoms with Gasteiger partial charge in [-0.3, -0.25) is 0 Å². The van der Waals surface area contributed by atoms with E-state index in [4.69, 9.17) is 4.74 Å². The molecule has 1 N–H and O–H groups in total. The molecule has 0 aromatic rings. The Morgan fingerprint density at radius 2 is 1.94 bits per heavy atom. The Morgan fingerprint density at radius 3 is 2.56 bits per heavy atom. The zero-order chi connectivity index (χ0) is 12.0. The first-order valence-electron chi connectivity index (χ1n) is 6.81. The van der Waals surface area contributed by atoms with Gasteiger partial charge in [-0.15, -0.1) is 0 Å². The van der Waals surface area contributed by atoms with Gasteiger partial charge in [0.1, 0.15) is 0 Å². The van der Waals surface area contributed by atoms with Crippen molar-refractivity contribution in [3.63, 3.8) is 0 Å². The molecule has 96 valence electrons. The molecule has 0 aliphatic heterocycles. The van der Waals surface area contributed by atoms with Crippen molar-refractivity contribution in [1.29, 1.82) is 0 Å². The quantitative estimate of drug-likeness (QED) is 0.752. The molecule has 1 aliphatic carbocycles. The third-order valence-corrected chi connectivity index (χ3v) is 3.84. The Balaban J connectivity index is 2.26. The lowest BCUT2D eigenvalue weighted by atomic mass is 9.80. The average Bonchev–Trinajstić information content (AvgIpc) is 2.27. The zero-order valence-electron chi connectivity index (χ0n) is 11.5. The fourth-order valence-corrected chi connectivity index (χ4v) is 2.79. The van der Waals surface area contributed by atoms with Crippen LogP contribution in [-0.2, 0) is 4.74 Å². The molecule has 16 heavy (non-hydrogen) atoms. The molecule has 2 nitrogen and oxygen atoms in total. The lowest BCUT2D eigenvalue weighted by molar-refractivity contribution is 0.121. The van der Waals surface area contributed by atoms with Crippen molar-refractivity contribution in [1.82, 2.24) is 5.32 Å². The summed E-state index contributed by atoms with van der Waals surface area (Å²) in [5.74, 6) is 1.86. The first kappa shape index (κ1) is 14.0. The molecule has 0 spiro atoms. The molecular formula is C14H29NO. The van der Waals surface area contributed by atoms with Crippen molar-refractivity contribution in [3.05, 3.63) is 0 Å². The van der Waals surface area contributed by atoms with Crippen molar-refractivity contribution < 1.29 is 4.74 Å². The van der Waals surface area contributed by atoms with Crippen molar-refractivity contribution in [2.45, 2.75) is 58.4 Å². The van der Waals surface area contributed by atoms with Crippen molar-refractivity contribution in [2.24, 2.45) is 11.8 Å². The van der Waals surface area contributed by atoms with Gasteiger partial charge in [0, 0.05) is 12.6 Å². The molecule has 2 unspecified atom stereocenters. The van der Waals surface area contributed by atoms with Gasteiger partial charge in [0.25, 0.3) is 0 Å². The van der Waals surface area contributed by atoms with Crippen LogP contribution in [-0.4, -0.2) is 25.8 Å². The Kier molecular flexibility index (Phi) is 5.77. The molecule has 1 rings (SSSR count). The molecule has 0 aromatic heterocycles. The van der Waals surface area contributed by atoms with Crippen molar-refractivity contribution in [2.75, 3.05) is 20.3 Å². The highest BCUT2D eigenvalue weighted by Crippen LogP contribution is 2.30. The van der Waals surface area contributed by atoms with Crippen LogP contribution >= 0.6 is 0 Å². The molecule has 2 heteroatoms. The second kappa shape index (κ2) is 6.61. The van der Waals surface area contributed by atoms with E-state index in [-0.39, 0.29) is 5.54 Å². The van der Waals surface area contributed by atoms with Crippen molar-refractivity contribution in [3.8, 4) is 0 Å². The third-order valence-electron chi connectivity index (χ3n) is 3.84. The summed E-state index contributed by atoms with van der Waals surface area (Å²) >= 11 is 0. The third kappa shape index (κ3) is 4.84. The summed E-state index contributed by atoms with van der Waals surface area (Å²) in [6.45, 7) is 8.71. The van der Waals surface area contributed by atoms with Gasteiger partial charge in [-0.2, -0.15) is 0 Å². The van der Waals surface area contributed by atoms with E-state index in [1.165, 1.54) is 32.1 Å². The maximum absolute atomic E-state index is 5.23. The van der Waals surface area contributed by atoms with Crippen LogP contribution in [0.15, 0.2) is 0 Å². The van der Waals surface area contributed by atoms with Gasteiger partial charge in [0.15, 0.2) is 0 Å². The highest BCUT2D eigenvalue weighted by Gasteiger charge is 2.23. The van der Waals surface area contributed by atoms with E-state index in [9.17, 15) is 0 Å². The van der Waals surface area contributed by atoms with Crippen LogP contribution in [0.4, 0.5) is 0 Å². The summed E-state index contributed by atoms with van der Waals surface area (Å²) in [6, 6.07) is 0. The smallest absolute Gasteiger partial charge is 0.0639 e. The van der Waals surface area contributed by atoms with Crippen molar-refractivity contribution >= 4 is 0 Å². The number of methoxy groups -OCH3 is 1. The molecule has 1 aliphatic rings. The summed E-state index contributed by atoms with van der Waals surface area (Å²) in [5.41, 5.74) is 0.119. The second-order valence-corrected chi connectivity index (χ2v) is 6.00. The lowest BCUT2D eigenvalue weighted by Gasteiger charge is -2.32. The molecule has 0 aromatic carbocycles. The maximum Gasteiger partial charge on any atom is 0.0639 e. The van der Waals surface area contributed by atoms with Crippen LogP contribution in [0, 0.1) is 11.8 Å². The highest BCUT2D eigenvalue weighted by molar-refractivity contribution is 4.81. The van der Waals surface area contributed by atoms with E-state index in [0.717, 1.165) is 25.0 Å². The van der Waals surface area contributed by atoms with E-state index in [1.807, 2.05) is 0 Å². The Hall–Kier alpha value is -0.0800. The molecule has 2 atom stereocenters. The standard InChI is InChI=1S/C14H29NO/c1-5-12-7-6-8-13(9-12)10-15-14(2,3)11-16-4/h12-13,15H,5-11H2,1-4H3. The van der Waals surface area contributed by atoms with Gasteiger partial charge < -0.3 is 10.1 Å². The normalized spacial score (nSPS) is 27.0. The molecule has 0 bridgehead atoms. The summed E-state index contributed by atoms with van der Waals surface area (Å²) in [4.78, 5) is 0. The van der Waals surface area contributed by atoms with Crippen LogP contribution < -0.4 is 5.32 Å². The van der Waals surface area contributed by atoms with Crippen LogP contribution in [0.2, 0.25) is 0 Å². The monoisotopic (exact) mass is 227 g/mol. The average molecular weight is 227 g/mol. The molecule has 0 heterocycles. The van der Waals surface area contributed by atoms with Gasteiger partial charge in [0.05, 0.1) is 6.61 Å². The van der Waals surface area contributed by atoms with Crippen LogP contribution in [0.3, 0.4) is 0 Å². The van der Waals surface area contributed by atoms with Gasteiger partial charge in [-0.25, -0.2) is 0 Å². The summed E-state index contributed by atoms with van der Waals surface area (Å²) in [7, 11) is 1.77. The van der Waals surface area contributed by atoms with Gasteiger partial charge in [-0.1, -0.05) is 26.2 Å². The Bertz CT molecular complexity index is 191. The molecule has 0 radical (unpaired) electrons. The number of hydrogen-bond donors (Lipinski definition) is 1. The number of hydrogen-bond acceptors (Lipinski definition) is 2. The molecule has 1 saturated carbocycles. The van der Waals surface area contributed by atoms with E-state index in [0.29, 0.717) is 0 Å². The van der Waals surface area contributed by atoms with Gasteiger partial charge >= 0.3 is 0 Å². The number of rotatable bonds is 6. The fraction of sp³-hybridized carbons (Fsp3) is 1.00. The zero-order valence-corrected chi connectivity index (χ0v) is 11.5. The number of nitrogens with one attached hydrogen (secondary N) is 1. The second-order valence-electron chi connectivity index (χ2n) is 6.00. The van der Waals surface area contributed by atoms with Gasteiger partial charge in [-0.05, 0) is 45.1 Å².